The fraction of sp³-hybridized carbons (Fsp3) is 0.273. The minimum atomic E-state index is -0.428. The highest BCUT2D eigenvalue weighted by atomic mass is 16.5. The van der Waals surface area contributed by atoms with Crippen molar-refractivity contribution in [2.24, 2.45) is 0 Å². The highest BCUT2D eigenvalue weighted by molar-refractivity contribution is 5.93. The molecule has 0 spiro atoms. The normalized spacial score (nSPS) is 14.8. The van der Waals surface area contributed by atoms with Crippen LogP contribution in [0.5, 0.6) is 5.75 Å². The van der Waals surface area contributed by atoms with Crippen LogP contribution in [-0.4, -0.2) is 19.0 Å². The van der Waals surface area contributed by atoms with Crippen LogP contribution in [0, 0.1) is 0 Å². The van der Waals surface area contributed by atoms with Crippen LogP contribution >= 0.6 is 0 Å². The molecule has 1 aliphatic carbocycles. The zero-order valence-electron chi connectivity index (χ0n) is 15.5. The standard InChI is InChI=1S/C22H22O4/c1-14-11-12-22(2,3)19-10-7-16(13-18(14)19)21(24)26-17-8-5-15(6-9-17)20(23)25-4/h5-11,13H,12H2,1-4H3. The molecule has 0 aliphatic heterocycles. The Morgan fingerprint density at radius 3 is 2.27 bits per heavy atom. The van der Waals surface area contributed by atoms with E-state index in [9.17, 15) is 9.59 Å². The predicted octanol–water partition coefficient (Wildman–Crippen LogP) is 4.78. The number of benzene rings is 2. The van der Waals surface area contributed by atoms with Gasteiger partial charge in [-0.2, -0.15) is 0 Å². The van der Waals surface area contributed by atoms with Gasteiger partial charge in [0.05, 0.1) is 18.2 Å². The predicted molar refractivity (Wildman–Crippen MR) is 100 cm³/mol. The molecule has 3 rings (SSSR count). The largest absolute Gasteiger partial charge is 0.465 e. The maximum absolute atomic E-state index is 12.5. The smallest absolute Gasteiger partial charge is 0.343 e. The molecule has 1 aliphatic rings. The summed E-state index contributed by atoms with van der Waals surface area (Å²) in [5.41, 5.74) is 4.49. The van der Waals surface area contributed by atoms with Crippen LogP contribution in [0.4, 0.5) is 0 Å². The SMILES string of the molecule is COC(=O)c1ccc(OC(=O)c2ccc3c(c2)C(C)=CCC3(C)C)cc1. The number of ether oxygens (including phenoxy) is 2. The first-order valence-corrected chi connectivity index (χ1v) is 8.54. The molecule has 0 bridgehead atoms. The van der Waals surface area contributed by atoms with E-state index < -0.39 is 11.9 Å². The van der Waals surface area contributed by atoms with Crippen LogP contribution in [0.3, 0.4) is 0 Å². The molecule has 0 heterocycles. The van der Waals surface area contributed by atoms with Gasteiger partial charge in [-0.25, -0.2) is 9.59 Å². The molecule has 4 nitrogen and oxygen atoms in total. The molecule has 2 aromatic carbocycles. The molecule has 134 valence electrons. The molecule has 0 N–H and O–H groups in total. The second-order valence-electron chi connectivity index (χ2n) is 7.14. The first-order chi connectivity index (χ1) is 12.3. The van der Waals surface area contributed by atoms with Crippen LogP contribution < -0.4 is 4.74 Å². The van der Waals surface area contributed by atoms with E-state index in [-0.39, 0.29) is 5.41 Å². The Kier molecular flexibility index (Phi) is 4.68. The monoisotopic (exact) mass is 350 g/mol. The maximum Gasteiger partial charge on any atom is 0.343 e. The van der Waals surface area contributed by atoms with Gasteiger partial charge in [0, 0.05) is 0 Å². The number of esters is 2. The molecule has 0 saturated heterocycles. The lowest BCUT2D eigenvalue weighted by Gasteiger charge is -2.31. The van der Waals surface area contributed by atoms with E-state index in [0.717, 1.165) is 12.0 Å². The van der Waals surface area contributed by atoms with E-state index in [2.05, 4.69) is 31.6 Å². The Labute approximate surface area is 153 Å². The van der Waals surface area contributed by atoms with Gasteiger partial charge in [0.1, 0.15) is 5.75 Å². The van der Waals surface area contributed by atoms with Gasteiger partial charge in [-0.1, -0.05) is 26.0 Å². The van der Waals surface area contributed by atoms with Crippen molar-refractivity contribution in [2.75, 3.05) is 7.11 Å². The summed E-state index contributed by atoms with van der Waals surface area (Å²) < 4.78 is 10.1. The molecule has 0 radical (unpaired) electrons. The first-order valence-electron chi connectivity index (χ1n) is 8.54. The van der Waals surface area contributed by atoms with Crippen molar-refractivity contribution >= 4 is 17.5 Å². The van der Waals surface area contributed by atoms with Crippen molar-refractivity contribution in [3.05, 3.63) is 70.8 Å². The fourth-order valence-electron chi connectivity index (χ4n) is 3.16. The van der Waals surface area contributed by atoms with Gasteiger partial charge in [0.15, 0.2) is 0 Å². The third-order valence-electron chi connectivity index (χ3n) is 4.81. The Bertz CT molecular complexity index is 889. The van der Waals surface area contributed by atoms with Gasteiger partial charge in [0.25, 0.3) is 0 Å². The summed E-state index contributed by atoms with van der Waals surface area (Å²) in [7, 11) is 1.32. The Morgan fingerprint density at radius 1 is 0.962 bits per heavy atom. The van der Waals surface area contributed by atoms with Crippen LogP contribution in [0.2, 0.25) is 0 Å². The van der Waals surface area contributed by atoms with Crippen LogP contribution in [0.15, 0.2) is 48.5 Å². The van der Waals surface area contributed by atoms with Crippen molar-refractivity contribution in [2.45, 2.75) is 32.6 Å². The second kappa shape index (κ2) is 6.79. The first kappa shape index (κ1) is 17.9. The summed E-state index contributed by atoms with van der Waals surface area (Å²) in [4.78, 5) is 24.0. The number of fused-ring (bicyclic) bond motifs is 1. The lowest BCUT2D eigenvalue weighted by Crippen LogP contribution is -2.22. The molecule has 0 amide bonds. The van der Waals surface area contributed by atoms with E-state index in [1.54, 1.807) is 24.3 Å². The zero-order valence-corrected chi connectivity index (χ0v) is 15.5. The molecule has 26 heavy (non-hydrogen) atoms. The molecule has 2 aromatic rings. The minimum absolute atomic E-state index is 0.0565. The highest BCUT2D eigenvalue weighted by Crippen LogP contribution is 2.39. The third-order valence-corrected chi connectivity index (χ3v) is 4.81. The zero-order chi connectivity index (χ0) is 18.9. The lowest BCUT2D eigenvalue weighted by atomic mass is 9.73. The van der Waals surface area contributed by atoms with E-state index >= 15 is 0 Å². The average Bonchev–Trinajstić information content (AvgIpc) is 2.64. The maximum atomic E-state index is 12.5. The van der Waals surface area contributed by atoms with Crippen molar-refractivity contribution < 1.29 is 19.1 Å². The summed E-state index contributed by atoms with van der Waals surface area (Å²) >= 11 is 0. The number of methoxy groups -OCH3 is 1. The Balaban J connectivity index is 1.82. The number of rotatable bonds is 3. The molecule has 0 atom stereocenters. The molecule has 0 unspecified atom stereocenters. The van der Waals surface area contributed by atoms with Crippen molar-refractivity contribution in [3.63, 3.8) is 0 Å². The van der Waals surface area contributed by atoms with Gasteiger partial charge >= 0.3 is 11.9 Å². The fourth-order valence-corrected chi connectivity index (χ4v) is 3.16. The summed E-state index contributed by atoms with van der Waals surface area (Å²) in [6.45, 7) is 6.47. The van der Waals surface area contributed by atoms with Gasteiger partial charge in [-0.15, -0.1) is 0 Å². The number of hydrogen-bond donors (Lipinski definition) is 0. The molecular formula is C22H22O4. The molecule has 0 fully saturated rings. The lowest BCUT2D eigenvalue weighted by molar-refractivity contribution is 0.0600. The van der Waals surface area contributed by atoms with Crippen LogP contribution in [0.1, 0.15) is 59.0 Å². The Hall–Kier alpha value is -2.88. The van der Waals surface area contributed by atoms with Crippen molar-refractivity contribution in [1.82, 2.24) is 0 Å². The van der Waals surface area contributed by atoms with Crippen LogP contribution in [0.25, 0.3) is 5.57 Å². The number of hydrogen-bond acceptors (Lipinski definition) is 4. The third kappa shape index (κ3) is 3.40. The summed E-state index contributed by atoms with van der Waals surface area (Å²) in [5, 5.41) is 0. The molecular weight excluding hydrogens is 328 g/mol. The van der Waals surface area contributed by atoms with Gasteiger partial charge < -0.3 is 9.47 Å². The summed E-state index contributed by atoms with van der Waals surface area (Å²) in [6, 6.07) is 12.0. The molecule has 0 aromatic heterocycles. The topological polar surface area (TPSA) is 52.6 Å². The summed E-state index contributed by atoms with van der Waals surface area (Å²) in [6.07, 6.45) is 3.20. The molecule has 4 heteroatoms. The quantitative estimate of drug-likeness (QED) is 0.591. The number of carbonyl (C=O) groups is 2. The van der Waals surface area contributed by atoms with E-state index in [4.69, 9.17) is 4.74 Å². The summed E-state index contributed by atoms with van der Waals surface area (Å²) in [5.74, 6) is -0.467. The van der Waals surface area contributed by atoms with Crippen molar-refractivity contribution in [1.29, 1.82) is 0 Å². The van der Waals surface area contributed by atoms with E-state index in [1.165, 1.54) is 18.2 Å². The van der Waals surface area contributed by atoms with Gasteiger partial charge in [-0.3, -0.25) is 0 Å². The van der Waals surface area contributed by atoms with Gasteiger partial charge in [-0.05, 0) is 71.9 Å². The van der Waals surface area contributed by atoms with E-state index in [0.29, 0.717) is 16.9 Å². The second-order valence-corrected chi connectivity index (χ2v) is 7.14. The number of carbonyl (C=O) groups excluding carboxylic acids is 2. The Morgan fingerprint density at radius 2 is 1.62 bits per heavy atom. The average molecular weight is 350 g/mol. The highest BCUT2D eigenvalue weighted by Gasteiger charge is 2.27. The van der Waals surface area contributed by atoms with Crippen molar-refractivity contribution in [3.8, 4) is 5.75 Å². The van der Waals surface area contributed by atoms with Gasteiger partial charge in [0.2, 0.25) is 0 Å². The van der Waals surface area contributed by atoms with Crippen LogP contribution in [-0.2, 0) is 10.2 Å². The van der Waals surface area contributed by atoms with E-state index in [1.807, 2.05) is 18.2 Å². The minimum Gasteiger partial charge on any atom is -0.465 e. The molecule has 0 saturated carbocycles. The number of allylic oxidation sites excluding steroid dienone is 2.